The fourth-order valence-electron chi connectivity index (χ4n) is 3.89. The molecule has 2 atom stereocenters. The van der Waals surface area contributed by atoms with E-state index in [4.69, 9.17) is 0 Å². The van der Waals surface area contributed by atoms with Gasteiger partial charge in [0.25, 0.3) is 0 Å². The normalized spacial score (nSPS) is 28.6. The van der Waals surface area contributed by atoms with Crippen LogP contribution in [0, 0.1) is 0 Å². The van der Waals surface area contributed by atoms with Crippen LogP contribution >= 0.6 is 0 Å². The molecular formula is C18H29N3. The lowest BCUT2D eigenvalue weighted by molar-refractivity contribution is 0.0693. The molecule has 1 aromatic carbocycles. The lowest BCUT2D eigenvalue weighted by atomic mass is 9.89. The standard InChI is InChI=1S/C18H29N3/c1-19-17-8-5-9-18(14-17)21-12-10-20(11-13-21)15-16-6-3-2-4-7-16/h2-4,6-7,17-19H,5,8-15H2,1H3/t17-,18-/m0/s1. The summed E-state index contributed by atoms with van der Waals surface area (Å²) in [4.78, 5) is 5.34. The van der Waals surface area contributed by atoms with Crippen LogP contribution in [-0.2, 0) is 6.54 Å². The molecule has 1 heterocycles. The molecule has 1 N–H and O–H groups in total. The summed E-state index contributed by atoms with van der Waals surface area (Å²) in [5, 5.41) is 3.48. The van der Waals surface area contributed by atoms with Gasteiger partial charge in [0, 0.05) is 44.8 Å². The van der Waals surface area contributed by atoms with Gasteiger partial charge >= 0.3 is 0 Å². The molecular weight excluding hydrogens is 258 g/mol. The molecule has 3 heteroatoms. The first-order valence-corrected chi connectivity index (χ1v) is 8.53. The minimum Gasteiger partial charge on any atom is -0.317 e. The molecule has 0 aromatic heterocycles. The second-order valence-corrected chi connectivity index (χ2v) is 6.60. The number of rotatable bonds is 4. The van der Waals surface area contributed by atoms with Crippen molar-refractivity contribution in [2.24, 2.45) is 0 Å². The molecule has 0 bridgehead atoms. The monoisotopic (exact) mass is 287 g/mol. The maximum Gasteiger partial charge on any atom is 0.0234 e. The summed E-state index contributed by atoms with van der Waals surface area (Å²) in [6.45, 7) is 6.03. The second kappa shape index (κ2) is 7.39. The minimum absolute atomic E-state index is 0.742. The molecule has 0 radical (unpaired) electrons. The quantitative estimate of drug-likeness (QED) is 0.917. The molecule has 21 heavy (non-hydrogen) atoms. The number of hydrogen-bond donors (Lipinski definition) is 1. The highest BCUT2D eigenvalue weighted by Gasteiger charge is 2.28. The van der Waals surface area contributed by atoms with E-state index >= 15 is 0 Å². The highest BCUT2D eigenvalue weighted by atomic mass is 15.3. The predicted molar refractivity (Wildman–Crippen MR) is 88.4 cm³/mol. The number of hydrogen-bond acceptors (Lipinski definition) is 3. The van der Waals surface area contributed by atoms with E-state index in [1.165, 1.54) is 57.4 Å². The van der Waals surface area contributed by atoms with Gasteiger partial charge in [-0.25, -0.2) is 0 Å². The van der Waals surface area contributed by atoms with Crippen molar-refractivity contribution in [2.45, 2.75) is 44.3 Å². The van der Waals surface area contributed by atoms with E-state index in [1.54, 1.807) is 0 Å². The highest BCUT2D eigenvalue weighted by molar-refractivity contribution is 5.14. The Morgan fingerprint density at radius 3 is 2.52 bits per heavy atom. The van der Waals surface area contributed by atoms with Crippen LogP contribution in [0.1, 0.15) is 31.2 Å². The van der Waals surface area contributed by atoms with Crippen molar-refractivity contribution in [3.05, 3.63) is 35.9 Å². The Labute approximate surface area is 129 Å². The van der Waals surface area contributed by atoms with Gasteiger partial charge in [0.15, 0.2) is 0 Å². The summed E-state index contributed by atoms with van der Waals surface area (Å²) in [6, 6.07) is 12.4. The van der Waals surface area contributed by atoms with Crippen LogP contribution in [0.2, 0.25) is 0 Å². The van der Waals surface area contributed by atoms with Crippen LogP contribution in [0.3, 0.4) is 0 Å². The fraction of sp³-hybridized carbons (Fsp3) is 0.667. The molecule has 1 aromatic rings. The Kier molecular flexibility index (Phi) is 5.28. The molecule has 3 rings (SSSR count). The van der Waals surface area contributed by atoms with Gasteiger partial charge in [0.1, 0.15) is 0 Å². The third-order valence-electron chi connectivity index (χ3n) is 5.23. The largest absolute Gasteiger partial charge is 0.317 e. The first-order chi connectivity index (χ1) is 10.3. The molecule has 2 aliphatic rings. The van der Waals surface area contributed by atoms with E-state index in [0.717, 1.165) is 18.6 Å². The molecule has 1 aliphatic carbocycles. The van der Waals surface area contributed by atoms with Crippen molar-refractivity contribution < 1.29 is 0 Å². The van der Waals surface area contributed by atoms with Gasteiger partial charge in [-0.05, 0) is 31.9 Å². The Morgan fingerprint density at radius 2 is 1.81 bits per heavy atom. The topological polar surface area (TPSA) is 18.5 Å². The van der Waals surface area contributed by atoms with E-state index in [9.17, 15) is 0 Å². The maximum absolute atomic E-state index is 3.48. The number of nitrogens with zero attached hydrogens (tertiary/aromatic N) is 2. The lowest BCUT2D eigenvalue weighted by Crippen LogP contribution is -2.52. The Hall–Kier alpha value is -0.900. The third-order valence-corrected chi connectivity index (χ3v) is 5.23. The van der Waals surface area contributed by atoms with Crippen molar-refractivity contribution in [3.8, 4) is 0 Å². The average molecular weight is 287 g/mol. The third kappa shape index (κ3) is 4.06. The summed E-state index contributed by atoms with van der Waals surface area (Å²) in [5.74, 6) is 0. The highest BCUT2D eigenvalue weighted by Crippen LogP contribution is 2.24. The van der Waals surface area contributed by atoms with Crippen LogP contribution in [0.25, 0.3) is 0 Å². The van der Waals surface area contributed by atoms with E-state index in [0.29, 0.717) is 0 Å². The van der Waals surface area contributed by atoms with Crippen LogP contribution in [0.15, 0.2) is 30.3 Å². The minimum atomic E-state index is 0.742. The summed E-state index contributed by atoms with van der Waals surface area (Å²) in [7, 11) is 2.12. The van der Waals surface area contributed by atoms with Gasteiger partial charge in [-0.1, -0.05) is 36.8 Å². The number of piperazine rings is 1. The maximum atomic E-state index is 3.48. The van der Waals surface area contributed by atoms with E-state index in [1.807, 2.05) is 0 Å². The molecule has 1 aliphatic heterocycles. The Balaban J connectivity index is 1.46. The first kappa shape index (κ1) is 15.0. The molecule has 0 spiro atoms. The summed E-state index contributed by atoms with van der Waals surface area (Å²) < 4.78 is 0. The number of nitrogens with one attached hydrogen (secondary N) is 1. The van der Waals surface area contributed by atoms with Crippen molar-refractivity contribution >= 4 is 0 Å². The SMILES string of the molecule is CN[C@H]1CCC[C@H](N2CCN(Cc3ccccc3)CC2)C1. The zero-order chi connectivity index (χ0) is 14.5. The lowest BCUT2D eigenvalue weighted by Gasteiger charge is -2.42. The summed E-state index contributed by atoms with van der Waals surface area (Å²) in [6.07, 6.45) is 5.49. The summed E-state index contributed by atoms with van der Waals surface area (Å²) >= 11 is 0. The Morgan fingerprint density at radius 1 is 1.05 bits per heavy atom. The van der Waals surface area contributed by atoms with Crippen LogP contribution < -0.4 is 5.32 Å². The molecule has 116 valence electrons. The molecule has 0 amide bonds. The van der Waals surface area contributed by atoms with Crippen LogP contribution in [0.4, 0.5) is 0 Å². The van der Waals surface area contributed by atoms with Gasteiger partial charge in [0.05, 0.1) is 0 Å². The predicted octanol–water partition coefficient (Wildman–Crippen LogP) is 2.33. The first-order valence-electron chi connectivity index (χ1n) is 8.53. The van der Waals surface area contributed by atoms with E-state index in [-0.39, 0.29) is 0 Å². The zero-order valence-corrected chi connectivity index (χ0v) is 13.3. The van der Waals surface area contributed by atoms with Gasteiger partial charge in [-0.3, -0.25) is 9.80 Å². The molecule has 1 saturated carbocycles. The Bertz CT molecular complexity index is 412. The van der Waals surface area contributed by atoms with Crippen molar-refractivity contribution in [1.82, 2.24) is 15.1 Å². The second-order valence-electron chi connectivity index (χ2n) is 6.60. The van der Waals surface area contributed by atoms with Gasteiger partial charge in [-0.2, -0.15) is 0 Å². The van der Waals surface area contributed by atoms with Gasteiger partial charge in [0.2, 0.25) is 0 Å². The van der Waals surface area contributed by atoms with Gasteiger partial charge < -0.3 is 5.32 Å². The molecule has 2 fully saturated rings. The molecule has 1 saturated heterocycles. The van der Waals surface area contributed by atoms with Crippen molar-refractivity contribution in [3.63, 3.8) is 0 Å². The van der Waals surface area contributed by atoms with E-state index < -0.39 is 0 Å². The van der Waals surface area contributed by atoms with Gasteiger partial charge in [-0.15, -0.1) is 0 Å². The smallest absolute Gasteiger partial charge is 0.0234 e. The molecule has 0 unspecified atom stereocenters. The summed E-state index contributed by atoms with van der Waals surface area (Å²) in [5.41, 5.74) is 1.44. The average Bonchev–Trinajstić information content (AvgIpc) is 2.56. The van der Waals surface area contributed by atoms with Crippen molar-refractivity contribution in [1.29, 1.82) is 0 Å². The van der Waals surface area contributed by atoms with E-state index in [2.05, 4.69) is 52.5 Å². The van der Waals surface area contributed by atoms with Crippen molar-refractivity contribution in [2.75, 3.05) is 33.2 Å². The molecule has 3 nitrogen and oxygen atoms in total. The number of benzene rings is 1. The fourth-order valence-corrected chi connectivity index (χ4v) is 3.89. The van der Waals surface area contributed by atoms with Crippen LogP contribution in [-0.4, -0.2) is 55.1 Å². The van der Waals surface area contributed by atoms with Crippen LogP contribution in [0.5, 0.6) is 0 Å². The zero-order valence-electron chi connectivity index (χ0n) is 13.3.